The summed E-state index contributed by atoms with van der Waals surface area (Å²) in [5.74, 6) is 1.05. The maximum atomic E-state index is 4.24. The van der Waals surface area contributed by atoms with Crippen molar-refractivity contribution in [3.63, 3.8) is 0 Å². The monoisotopic (exact) mass is 215 g/mol. The minimum absolute atomic E-state index is 0.913. The van der Waals surface area contributed by atoms with Crippen LogP contribution in [0.2, 0.25) is 0 Å². The molecular formula is C12H25NS. The summed E-state index contributed by atoms with van der Waals surface area (Å²) in [6, 6.07) is 0.913. The van der Waals surface area contributed by atoms with Crippen LogP contribution in [0.1, 0.15) is 51.9 Å². The van der Waals surface area contributed by atoms with Crippen molar-refractivity contribution in [1.29, 1.82) is 0 Å². The van der Waals surface area contributed by atoms with Gasteiger partial charge in [0.1, 0.15) is 0 Å². The van der Waals surface area contributed by atoms with Crippen LogP contribution in [0, 0.1) is 0 Å². The van der Waals surface area contributed by atoms with Gasteiger partial charge in [-0.2, -0.15) is 12.6 Å². The summed E-state index contributed by atoms with van der Waals surface area (Å²) in [5.41, 5.74) is 0. The minimum Gasteiger partial charge on any atom is -0.301 e. The van der Waals surface area contributed by atoms with Crippen LogP contribution in [0.25, 0.3) is 0 Å². The van der Waals surface area contributed by atoms with Gasteiger partial charge >= 0.3 is 0 Å². The summed E-state index contributed by atoms with van der Waals surface area (Å²) in [4.78, 5) is 2.69. The van der Waals surface area contributed by atoms with Crippen LogP contribution in [0.5, 0.6) is 0 Å². The normalized spacial score (nSPS) is 18.2. The van der Waals surface area contributed by atoms with E-state index in [0.717, 1.165) is 11.8 Å². The topological polar surface area (TPSA) is 3.24 Å². The summed E-state index contributed by atoms with van der Waals surface area (Å²) < 4.78 is 0. The molecule has 0 unspecified atom stereocenters. The minimum atomic E-state index is 0.913. The Hall–Kier alpha value is 0.310. The van der Waals surface area contributed by atoms with Crippen molar-refractivity contribution in [3.8, 4) is 0 Å². The van der Waals surface area contributed by atoms with Gasteiger partial charge in [0.2, 0.25) is 0 Å². The lowest BCUT2D eigenvalue weighted by Gasteiger charge is -2.27. The maximum absolute atomic E-state index is 4.24. The van der Waals surface area contributed by atoms with Gasteiger partial charge in [-0.05, 0) is 44.5 Å². The Labute approximate surface area is 94.7 Å². The van der Waals surface area contributed by atoms with Crippen LogP contribution in [0.4, 0.5) is 0 Å². The van der Waals surface area contributed by atoms with E-state index in [2.05, 4.69) is 24.5 Å². The zero-order valence-electron chi connectivity index (χ0n) is 9.54. The molecule has 0 aromatic heterocycles. The first-order valence-corrected chi connectivity index (χ1v) is 6.86. The Balaban J connectivity index is 2.11. The Morgan fingerprint density at radius 2 is 1.86 bits per heavy atom. The van der Waals surface area contributed by atoms with E-state index in [1.54, 1.807) is 0 Å². The van der Waals surface area contributed by atoms with E-state index in [-0.39, 0.29) is 0 Å². The van der Waals surface area contributed by atoms with Crippen molar-refractivity contribution in [2.24, 2.45) is 0 Å². The van der Waals surface area contributed by atoms with Gasteiger partial charge in [0.15, 0.2) is 0 Å². The Morgan fingerprint density at radius 1 is 1.14 bits per heavy atom. The molecule has 2 heteroatoms. The molecule has 1 saturated carbocycles. The first-order chi connectivity index (χ1) is 6.88. The van der Waals surface area contributed by atoms with Crippen molar-refractivity contribution < 1.29 is 0 Å². The molecule has 0 aliphatic heterocycles. The molecule has 1 aliphatic rings. The average Bonchev–Trinajstić information content (AvgIpc) is 2.71. The molecule has 1 fully saturated rings. The number of thiol groups is 1. The smallest absolute Gasteiger partial charge is 0.00951 e. The van der Waals surface area contributed by atoms with Gasteiger partial charge in [0.25, 0.3) is 0 Å². The van der Waals surface area contributed by atoms with Gasteiger partial charge in [-0.15, -0.1) is 0 Å². The highest BCUT2D eigenvalue weighted by Gasteiger charge is 2.20. The van der Waals surface area contributed by atoms with Crippen molar-refractivity contribution in [1.82, 2.24) is 4.90 Å². The second-order valence-corrected chi connectivity index (χ2v) is 4.80. The zero-order chi connectivity index (χ0) is 10.2. The van der Waals surface area contributed by atoms with Crippen molar-refractivity contribution >= 4 is 12.6 Å². The second-order valence-electron chi connectivity index (χ2n) is 4.35. The highest BCUT2D eigenvalue weighted by Crippen LogP contribution is 2.23. The van der Waals surface area contributed by atoms with Crippen LogP contribution in [0.3, 0.4) is 0 Å². The lowest BCUT2D eigenvalue weighted by Crippen LogP contribution is -2.33. The van der Waals surface area contributed by atoms with Gasteiger partial charge in [0.05, 0.1) is 0 Å². The SMILES string of the molecule is CCN(CCCCCS)C1CCCC1. The molecule has 0 heterocycles. The standard InChI is InChI=1S/C12H25NS/c1-2-13(10-6-3-7-11-14)12-8-4-5-9-12/h12,14H,2-11H2,1H3. The van der Waals surface area contributed by atoms with Crippen molar-refractivity contribution in [3.05, 3.63) is 0 Å². The highest BCUT2D eigenvalue weighted by molar-refractivity contribution is 7.80. The summed E-state index contributed by atoms with van der Waals surface area (Å²) in [6.07, 6.45) is 9.80. The van der Waals surface area contributed by atoms with Gasteiger partial charge in [0, 0.05) is 6.04 Å². The van der Waals surface area contributed by atoms with Crippen LogP contribution in [-0.2, 0) is 0 Å². The number of hydrogen-bond acceptors (Lipinski definition) is 2. The summed E-state index contributed by atoms with van der Waals surface area (Å²) in [7, 11) is 0. The zero-order valence-corrected chi connectivity index (χ0v) is 10.4. The predicted octanol–water partition coefficient (Wildman–Crippen LogP) is 3.35. The molecule has 84 valence electrons. The first-order valence-electron chi connectivity index (χ1n) is 6.23. The van der Waals surface area contributed by atoms with Gasteiger partial charge < -0.3 is 4.90 Å². The number of unbranched alkanes of at least 4 members (excludes halogenated alkanes) is 2. The van der Waals surface area contributed by atoms with E-state index in [4.69, 9.17) is 0 Å². The molecule has 0 bridgehead atoms. The molecule has 1 nitrogen and oxygen atoms in total. The van der Waals surface area contributed by atoms with Crippen molar-refractivity contribution in [2.45, 2.75) is 57.9 Å². The van der Waals surface area contributed by atoms with Crippen molar-refractivity contribution in [2.75, 3.05) is 18.8 Å². The lowest BCUT2D eigenvalue weighted by molar-refractivity contribution is 0.205. The van der Waals surface area contributed by atoms with E-state index in [1.165, 1.54) is 58.0 Å². The molecule has 14 heavy (non-hydrogen) atoms. The predicted molar refractivity (Wildman–Crippen MR) is 67.2 cm³/mol. The van der Waals surface area contributed by atoms with Gasteiger partial charge in [-0.1, -0.05) is 26.2 Å². The van der Waals surface area contributed by atoms with Crippen LogP contribution < -0.4 is 0 Å². The molecule has 0 saturated heterocycles. The quantitative estimate of drug-likeness (QED) is 0.503. The Kier molecular flexibility index (Phi) is 6.70. The first kappa shape index (κ1) is 12.4. The fourth-order valence-electron chi connectivity index (χ4n) is 2.47. The van der Waals surface area contributed by atoms with Crippen LogP contribution >= 0.6 is 12.6 Å². The van der Waals surface area contributed by atoms with E-state index < -0.39 is 0 Å². The van der Waals surface area contributed by atoms with Gasteiger partial charge in [-0.25, -0.2) is 0 Å². The molecule has 0 amide bonds. The number of hydrogen-bond donors (Lipinski definition) is 1. The van der Waals surface area contributed by atoms with E-state index in [0.29, 0.717) is 0 Å². The molecule has 0 N–H and O–H groups in total. The Bertz CT molecular complexity index is 132. The molecule has 0 radical (unpaired) electrons. The molecule has 0 aromatic rings. The van der Waals surface area contributed by atoms with Crippen LogP contribution in [0.15, 0.2) is 0 Å². The van der Waals surface area contributed by atoms with E-state index in [9.17, 15) is 0 Å². The fourth-order valence-corrected chi connectivity index (χ4v) is 2.70. The summed E-state index contributed by atoms with van der Waals surface area (Å²) in [5, 5.41) is 0. The maximum Gasteiger partial charge on any atom is 0.00951 e. The largest absolute Gasteiger partial charge is 0.301 e. The third kappa shape index (κ3) is 4.22. The summed E-state index contributed by atoms with van der Waals surface area (Å²) >= 11 is 4.24. The lowest BCUT2D eigenvalue weighted by atomic mass is 10.2. The summed E-state index contributed by atoms with van der Waals surface area (Å²) in [6.45, 7) is 4.86. The van der Waals surface area contributed by atoms with Crippen LogP contribution in [-0.4, -0.2) is 29.8 Å². The number of nitrogens with zero attached hydrogens (tertiary/aromatic N) is 1. The fraction of sp³-hybridized carbons (Fsp3) is 1.00. The second kappa shape index (κ2) is 7.58. The molecule has 1 rings (SSSR count). The number of rotatable bonds is 7. The molecule has 0 spiro atoms. The molecule has 0 atom stereocenters. The van der Waals surface area contributed by atoms with E-state index in [1.807, 2.05) is 0 Å². The third-order valence-electron chi connectivity index (χ3n) is 3.35. The van der Waals surface area contributed by atoms with E-state index >= 15 is 0 Å². The third-order valence-corrected chi connectivity index (χ3v) is 3.67. The Morgan fingerprint density at radius 3 is 2.43 bits per heavy atom. The van der Waals surface area contributed by atoms with Gasteiger partial charge in [-0.3, -0.25) is 0 Å². The average molecular weight is 215 g/mol. The molecule has 0 aromatic carbocycles. The highest BCUT2D eigenvalue weighted by atomic mass is 32.1. The molecular weight excluding hydrogens is 190 g/mol. The molecule has 1 aliphatic carbocycles.